The van der Waals surface area contributed by atoms with Gasteiger partial charge in [-0.15, -0.1) is 0 Å². The van der Waals surface area contributed by atoms with E-state index < -0.39 is 4.92 Å². The van der Waals surface area contributed by atoms with Crippen LogP contribution in [0.4, 0.5) is 0 Å². The summed E-state index contributed by atoms with van der Waals surface area (Å²) >= 11 is 0. The summed E-state index contributed by atoms with van der Waals surface area (Å²) in [5, 5.41) is 13.3. The highest BCUT2D eigenvalue weighted by Gasteiger charge is 2.20. The van der Waals surface area contributed by atoms with Gasteiger partial charge in [0.15, 0.2) is 5.82 Å². The van der Waals surface area contributed by atoms with Crippen LogP contribution in [0.2, 0.25) is 0 Å². The van der Waals surface area contributed by atoms with Gasteiger partial charge in [-0.3, -0.25) is 10.1 Å². The average Bonchev–Trinajstić information content (AvgIpc) is 2.75. The van der Waals surface area contributed by atoms with Crippen LogP contribution >= 0.6 is 0 Å². The molecule has 0 radical (unpaired) electrons. The minimum Gasteiger partial charge on any atom is -0.381 e. The monoisotopic (exact) mass is 229 g/mol. The van der Waals surface area contributed by atoms with Crippen molar-refractivity contribution < 1.29 is 9.66 Å². The van der Waals surface area contributed by atoms with Crippen molar-refractivity contribution in [1.29, 1.82) is 0 Å². The van der Waals surface area contributed by atoms with E-state index in [4.69, 9.17) is 4.74 Å². The van der Waals surface area contributed by atoms with Gasteiger partial charge in [0, 0.05) is 32.7 Å². The number of hydrogen-bond acceptors (Lipinski definition) is 5. The molecule has 92 valence electrons. The van der Waals surface area contributed by atoms with Gasteiger partial charge >= 0.3 is 0 Å². The van der Waals surface area contributed by atoms with Crippen LogP contribution in [0.25, 0.3) is 0 Å². The van der Waals surface area contributed by atoms with Crippen molar-refractivity contribution in [2.45, 2.75) is 13.3 Å². The molecule has 1 rings (SSSR count). The van der Waals surface area contributed by atoms with E-state index in [9.17, 15) is 10.1 Å². The molecule has 0 aromatic carbocycles. The van der Waals surface area contributed by atoms with Crippen LogP contribution in [0.1, 0.15) is 13.3 Å². The normalized spacial score (nSPS) is 20.9. The van der Waals surface area contributed by atoms with Crippen LogP contribution in [-0.4, -0.2) is 43.2 Å². The first kappa shape index (κ1) is 12.8. The molecule has 1 fully saturated rings. The maximum absolute atomic E-state index is 10.5. The molecule has 0 aromatic heterocycles. The molecular formula is C10H19N3O3. The topological polar surface area (TPSA) is 67.6 Å². The summed E-state index contributed by atoms with van der Waals surface area (Å²) in [6.45, 7) is 5.09. The number of nitrogens with one attached hydrogen (secondary N) is 1. The Bertz CT molecular complexity index is 262. The molecule has 0 bridgehead atoms. The lowest BCUT2D eigenvalue weighted by Crippen LogP contribution is -2.34. The van der Waals surface area contributed by atoms with Gasteiger partial charge in [-0.05, 0) is 13.3 Å². The van der Waals surface area contributed by atoms with Crippen LogP contribution < -0.4 is 5.32 Å². The molecule has 1 aliphatic heterocycles. The highest BCUT2D eigenvalue weighted by atomic mass is 16.6. The molecule has 6 heteroatoms. The Morgan fingerprint density at radius 2 is 2.50 bits per heavy atom. The summed E-state index contributed by atoms with van der Waals surface area (Å²) in [6, 6.07) is 0. The van der Waals surface area contributed by atoms with Gasteiger partial charge in [0.05, 0.1) is 11.5 Å². The third-order valence-electron chi connectivity index (χ3n) is 2.71. The van der Waals surface area contributed by atoms with Gasteiger partial charge in [0.1, 0.15) is 0 Å². The molecular weight excluding hydrogens is 210 g/mol. The lowest BCUT2D eigenvalue weighted by atomic mass is 10.1. The Morgan fingerprint density at radius 3 is 2.94 bits per heavy atom. The van der Waals surface area contributed by atoms with Gasteiger partial charge < -0.3 is 15.0 Å². The average molecular weight is 229 g/mol. The number of ether oxygens (including phenoxy) is 1. The molecule has 1 aliphatic rings. The van der Waals surface area contributed by atoms with Crippen molar-refractivity contribution in [2.24, 2.45) is 5.92 Å². The molecule has 0 spiro atoms. The van der Waals surface area contributed by atoms with Crippen LogP contribution in [0.5, 0.6) is 0 Å². The molecule has 0 aromatic rings. The number of rotatable bonds is 6. The minimum atomic E-state index is -0.431. The van der Waals surface area contributed by atoms with Crippen LogP contribution in [0.15, 0.2) is 12.0 Å². The molecule has 0 saturated carbocycles. The molecule has 0 amide bonds. The Hall–Kier alpha value is -1.30. The fourth-order valence-corrected chi connectivity index (χ4v) is 1.84. The van der Waals surface area contributed by atoms with E-state index in [0.717, 1.165) is 38.9 Å². The molecule has 16 heavy (non-hydrogen) atoms. The van der Waals surface area contributed by atoms with Crippen LogP contribution in [0.3, 0.4) is 0 Å². The van der Waals surface area contributed by atoms with E-state index in [1.165, 1.54) is 0 Å². The fraction of sp³-hybridized carbons (Fsp3) is 0.800. The predicted octanol–water partition coefficient (Wildman–Crippen LogP) is 0.640. The zero-order valence-corrected chi connectivity index (χ0v) is 9.81. The summed E-state index contributed by atoms with van der Waals surface area (Å²) in [7, 11) is 1.70. The lowest BCUT2D eigenvalue weighted by Gasteiger charge is -2.26. The predicted molar refractivity (Wildman–Crippen MR) is 60.3 cm³/mol. The van der Waals surface area contributed by atoms with Crippen molar-refractivity contribution >= 4 is 0 Å². The summed E-state index contributed by atoms with van der Waals surface area (Å²) in [5.41, 5.74) is 0. The molecule has 6 nitrogen and oxygen atoms in total. The summed E-state index contributed by atoms with van der Waals surface area (Å²) < 4.78 is 5.30. The quantitative estimate of drug-likeness (QED) is 0.534. The number of nitrogens with zero attached hydrogens (tertiary/aromatic N) is 2. The SMILES string of the molecule is CCN(CC1CCOC1)/C(=C/[N+](=O)[O-])NC. The third kappa shape index (κ3) is 3.69. The minimum absolute atomic E-state index is 0.431. The Kier molecular flexibility index (Phi) is 5.04. The van der Waals surface area contributed by atoms with E-state index >= 15 is 0 Å². The van der Waals surface area contributed by atoms with Crippen molar-refractivity contribution in [3.8, 4) is 0 Å². The van der Waals surface area contributed by atoms with E-state index in [1.54, 1.807) is 7.05 Å². The van der Waals surface area contributed by atoms with E-state index in [0.29, 0.717) is 11.7 Å². The fourth-order valence-electron chi connectivity index (χ4n) is 1.84. The summed E-state index contributed by atoms with van der Waals surface area (Å²) in [6.07, 6.45) is 2.05. The van der Waals surface area contributed by atoms with Crippen LogP contribution in [-0.2, 0) is 4.74 Å². The number of nitro groups is 1. The second-order valence-electron chi connectivity index (χ2n) is 3.82. The van der Waals surface area contributed by atoms with Gasteiger partial charge in [0.2, 0.25) is 0 Å². The van der Waals surface area contributed by atoms with Gasteiger partial charge in [0.25, 0.3) is 6.20 Å². The molecule has 1 atom stereocenters. The maximum Gasteiger partial charge on any atom is 0.274 e. The molecule has 1 unspecified atom stereocenters. The highest BCUT2D eigenvalue weighted by molar-refractivity contribution is 4.94. The smallest absolute Gasteiger partial charge is 0.274 e. The second kappa shape index (κ2) is 6.32. The van der Waals surface area contributed by atoms with E-state index in [-0.39, 0.29) is 0 Å². The first-order valence-electron chi connectivity index (χ1n) is 5.53. The first-order chi connectivity index (χ1) is 7.67. The lowest BCUT2D eigenvalue weighted by molar-refractivity contribution is -0.404. The van der Waals surface area contributed by atoms with Gasteiger partial charge in [-0.1, -0.05) is 0 Å². The number of hydrogen-bond donors (Lipinski definition) is 1. The Morgan fingerprint density at radius 1 is 1.75 bits per heavy atom. The van der Waals surface area contributed by atoms with E-state index in [1.807, 2.05) is 11.8 Å². The third-order valence-corrected chi connectivity index (χ3v) is 2.71. The first-order valence-corrected chi connectivity index (χ1v) is 5.53. The standard InChI is InChI=1S/C10H19N3O3/c1-3-12(6-9-4-5-16-8-9)10(11-2)7-13(14)15/h7,9,11H,3-6,8H2,1-2H3/b10-7+. The zero-order valence-electron chi connectivity index (χ0n) is 9.81. The largest absolute Gasteiger partial charge is 0.381 e. The summed E-state index contributed by atoms with van der Waals surface area (Å²) in [4.78, 5) is 12.0. The zero-order chi connectivity index (χ0) is 12.0. The highest BCUT2D eigenvalue weighted by Crippen LogP contribution is 2.15. The van der Waals surface area contributed by atoms with Crippen molar-refractivity contribution in [3.63, 3.8) is 0 Å². The summed E-state index contributed by atoms with van der Waals surface area (Å²) in [5.74, 6) is 1.03. The van der Waals surface area contributed by atoms with Crippen LogP contribution in [0, 0.1) is 16.0 Å². The molecule has 0 aliphatic carbocycles. The Balaban J connectivity index is 2.59. The van der Waals surface area contributed by atoms with Crippen molar-refractivity contribution in [1.82, 2.24) is 10.2 Å². The van der Waals surface area contributed by atoms with Gasteiger partial charge in [-0.2, -0.15) is 0 Å². The second-order valence-corrected chi connectivity index (χ2v) is 3.82. The van der Waals surface area contributed by atoms with Gasteiger partial charge in [-0.25, -0.2) is 0 Å². The molecule has 1 N–H and O–H groups in total. The Labute approximate surface area is 95.4 Å². The van der Waals surface area contributed by atoms with Crippen molar-refractivity contribution in [3.05, 3.63) is 22.1 Å². The van der Waals surface area contributed by atoms with Crippen molar-refractivity contribution in [2.75, 3.05) is 33.4 Å². The molecule has 1 heterocycles. The van der Waals surface area contributed by atoms with E-state index in [2.05, 4.69) is 5.32 Å². The maximum atomic E-state index is 10.5. The molecule has 1 saturated heterocycles.